The Morgan fingerprint density at radius 1 is 0.912 bits per heavy atom. The van der Waals surface area contributed by atoms with Crippen molar-refractivity contribution >= 4 is 36.5 Å². The number of halogens is 2. The third-order valence-corrected chi connectivity index (χ3v) is 5.72. The van der Waals surface area contributed by atoms with Gasteiger partial charge in [0.15, 0.2) is 5.78 Å². The molecule has 5 rings (SSSR count). The first kappa shape index (κ1) is 25.1. The number of carbonyl (C=O) groups excluding carboxylic acids is 1. The number of benzene rings is 1. The third kappa shape index (κ3) is 5.00. The van der Waals surface area contributed by atoms with Crippen LogP contribution >= 0.6 is 24.8 Å². The molecule has 7 nitrogen and oxygen atoms in total. The van der Waals surface area contributed by atoms with E-state index in [1.807, 2.05) is 59.5 Å². The lowest BCUT2D eigenvalue weighted by molar-refractivity contribution is 0.0994. The van der Waals surface area contributed by atoms with Crippen LogP contribution in [0.15, 0.2) is 90.2 Å². The monoisotopic (exact) mass is 495 g/mol. The summed E-state index contributed by atoms with van der Waals surface area (Å²) in [6.45, 7) is 0.643. The maximum Gasteiger partial charge on any atom is 0.255 e. The van der Waals surface area contributed by atoms with Gasteiger partial charge in [0.05, 0.1) is 18.3 Å². The van der Waals surface area contributed by atoms with Crippen molar-refractivity contribution in [2.75, 3.05) is 11.4 Å². The number of anilines is 1. The summed E-state index contributed by atoms with van der Waals surface area (Å²) in [6.07, 6.45) is 7.52. The highest BCUT2D eigenvalue weighted by molar-refractivity contribution is 5.99. The number of aromatic nitrogens is 4. The zero-order chi connectivity index (χ0) is 21.9. The number of pyridine rings is 2. The highest BCUT2D eigenvalue weighted by Crippen LogP contribution is 2.34. The van der Waals surface area contributed by atoms with Crippen molar-refractivity contribution in [3.63, 3.8) is 0 Å². The largest absolute Gasteiger partial charge is 0.327 e. The lowest BCUT2D eigenvalue weighted by atomic mass is 10.00. The fraction of sp³-hybridized carbons (Fsp3) is 0.160. The molecule has 0 amide bonds. The zero-order valence-electron chi connectivity index (χ0n) is 18.2. The first-order valence-electron chi connectivity index (χ1n) is 10.5. The van der Waals surface area contributed by atoms with Gasteiger partial charge in [-0.3, -0.25) is 24.1 Å². The van der Waals surface area contributed by atoms with Gasteiger partial charge in [0, 0.05) is 48.5 Å². The van der Waals surface area contributed by atoms with Gasteiger partial charge in [-0.1, -0.05) is 30.3 Å². The average molecular weight is 496 g/mol. The molecule has 0 spiro atoms. The number of fused-ring (bicyclic) bond motifs is 1. The number of rotatable bonds is 5. The molecule has 0 saturated heterocycles. The van der Waals surface area contributed by atoms with Crippen molar-refractivity contribution in [1.82, 2.24) is 19.5 Å². The summed E-state index contributed by atoms with van der Waals surface area (Å²) < 4.78 is 1.65. The van der Waals surface area contributed by atoms with Crippen molar-refractivity contribution in [2.45, 2.75) is 19.0 Å². The van der Waals surface area contributed by atoms with Crippen LogP contribution in [0.5, 0.6) is 0 Å². The van der Waals surface area contributed by atoms with Crippen LogP contribution in [-0.2, 0) is 6.54 Å². The molecular weight excluding hydrogens is 473 g/mol. The Labute approximate surface area is 209 Å². The van der Waals surface area contributed by atoms with Gasteiger partial charge in [-0.05, 0) is 36.2 Å². The van der Waals surface area contributed by atoms with Gasteiger partial charge in [-0.2, -0.15) is 0 Å². The summed E-state index contributed by atoms with van der Waals surface area (Å²) >= 11 is 0. The second-order valence-electron chi connectivity index (χ2n) is 7.67. The maximum atomic E-state index is 13.2. The van der Waals surface area contributed by atoms with Crippen molar-refractivity contribution in [3.8, 4) is 11.3 Å². The topological polar surface area (TPSA) is 81.0 Å². The Balaban J connectivity index is 0.00000162. The molecule has 1 aliphatic rings. The van der Waals surface area contributed by atoms with E-state index in [-0.39, 0.29) is 48.7 Å². The molecule has 0 N–H and O–H groups in total. The number of carbonyl (C=O) groups is 1. The van der Waals surface area contributed by atoms with E-state index in [1.54, 1.807) is 35.4 Å². The predicted molar refractivity (Wildman–Crippen MR) is 136 cm³/mol. The smallest absolute Gasteiger partial charge is 0.255 e. The number of nitrogens with zero attached hydrogens (tertiary/aromatic N) is 5. The molecule has 9 heteroatoms. The Kier molecular flexibility index (Phi) is 8.15. The van der Waals surface area contributed by atoms with E-state index in [0.717, 1.165) is 11.1 Å². The van der Waals surface area contributed by atoms with Gasteiger partial charge >= 0.3 is 0 Å². The molecule has 4 heterocycles. The lowest BCUT2D eigenvalue weighted by Gasteiger charge is -2.38. The van der Waals surface area contributed by atoms with E-state index >= 15 is 0 Å². The first-order valence-corrected chi connectivity index (χ1v) is 10.5. The molecule has 0 bridgehead atoms. The van der Waals surface area contributed by atoms with Gasteiger partial charge in [0.25, 0.3) is 5.56 Å². The van der Waals surface area contributed by atoms with E-state index in [0.29, 0.717) is 30.2 Å². The molecule has 0 fully saturated rings. The molecule has 1 atom stereocenters. The zero-order valence-corrected chi connectivity index (χ0v) is 19.8. The Morgan fingerprint density at radius 3 is 2.24 bits per heavy atom. The second kappa shape index (κ2) is 11.0. The summed E-state index contributed by atoms with van der Waals surface area (Å²) in [6, 6.07) is 18.2. The number of Topliss-reactive ketones (excluding diaryl/α,β-unsaturated/α-hetero) is 1. The SMILES string of the molecule is Cl.Cl.O=C(CN1c2nc(-c3ccncc3)cc(=O)n2CCC1c1ccncc1)c1ccccc1. The van der Waals surface area contributed by atoms with Gasteiger partial charge in [-0.25, -0.2) is 4.98 Å². The Hall–Kier alpha value is -3.55. The Bertz CT molecular complexity index is 1300. The number of hydrogen-bond donors (Lipinski definition) is 0. The second-order valence-corrected chi connectivity index (χ2v) is 7.67. The highest BCUT2D eigenvalue weighted by Gasteiger charge is 2.31. The van der Waals surface area contributed by atoms with E-state index in [1.165, 1.54) is 0 Å². The van der Waals surface area contributed by atoms with Crippen molar-refractivity contribution in [3.05, 3.63) is 107 Å². The van der Waals surface area contributed by atoms with Crippen LogP contribution in [0.25, 0.3) is 11.3 Å². The van der Waals surface area contributed by atoms with Gasteiger partial charge < -0.3 is 4.90 Å². The van der Waals surface area contributed by atoms with Gasteiger partial charge in [-0.15, -0.1) is 24.8 Å². The molecule has 0 radical (unpaired) electrons. The van der Waals surface area contributed by atoms with E-state index in [9.17, 15) is 9.59 Å². The summed E-state index contributed by atoms with van der Waals surface area (Å²) in [4.78, 5) is 41.1. The summed E-state index contributed by atoms with van der Waals surface area (Å²) in [5.41, 5.74) is 2.91. The van der Waals surface area contributed by atoms with Crippen molar-refractivity contribution in [2.24, 2.45) is 0 Å². The molecule has 174 valence electrons. The van der Waals surface area contributed by atoms with E-state index in [4.69, 9.17) is 4.98 Å². The fourth-order valence-corrected chi connectivity index (χ4v) is 4.12. The van der Waals surface area contributed by atoms with Gasteiger partial charge in [0.1, 0.15) is 0 Å². The number of ketones is 1. The summed E-state index contributed by atoms with van der Waals surface area (Å²) in [7, 11) is 0. The maximum absolute atomic E-state index is 13.2. The Morgan fingerprint density at radius 2 is 1.56 bits per heavy atom. The van der Waals surface area contributed by atoms with Crippen molar-refractivity contribution < 1.29 is 4.79 Å². The van der Waals surface area contributed by atoms with Crippen LogP contribution < -0.4 is 10.5 Å². The predicted octanol–water partition coefficient (Wildman–Crippen LogP) is 4.38. The molecule has 0 aliphatic carbocycles. The minimum absolute atomic E-state index is 0. The normalized spacial score (nSPS) is 14.4. The van der Waals surface area contributed by atoms with Crippen LogP contribution in [0.1, 0.15) is 28.4 Å². The first-order chi connectivity index (χ1) is 15.7. The summed E-state index contributed by atoms with van der Waals surface area (Å²) in [5, 5.41) is 0. The van der Waals surface area contributed by atoms with Crippen LogP contribution in [0.3, 0.4) is 0 Å². The molecule has 4 aromatic rings. The standard InChI is InChI=1S/C25H21N5O2.2ClH/c31-23(20-4-2-1-3-5-20)17-30-22(19-8-13-27-14-9-19)10-15-29-24(32)16-21(28-25(29)30)18-6-11-26-12-7-18;;/h1-9,11-14,16,22H,10,15,17H2;2*1H. The van der Waals surface area contributed by atoms with E-state index < -0.39 is 0 Å². The quantitative estimate of drug-likeness (QED) is 0.382. The minimum Gasteiger partial charge on any atom is -0.327 e. The minimum atomic E-state index is -0.132. The van der Waals surface area contributed by atoms with Crippen LogP contribution in [0.2, 0.25) is 0 Å². The molecule has 1 aliphatic heterocycles. The highest BCUT2D eigenvalue weighted by atomic mass is 35.5. The molecule has 34 heavy (non-hydrogen) atoms. The molecule has 1 aromatic carbocycles. The molecule has 0 saturated carbocycles. The van der Waals surface area contributed by atoms with Crippen LogP contribution in [0, 0.1) is 0 Å². The van der Waals surface area contributed by atoms with Crippen molar-refractivity contribution in [1.29, 1.82) is 0 Å². The lowest BCUT2D eigenvalue weighted by Crippen LogP contribution is -2.43. The number of hydrogen-bond acceptors (Lipinski definition) is 6. The molecule has 1 unspecified atom stereocenters. The van der Waals surface area contributed by atoms with Gasteiger partial charge in [0.2, 0.25) is 5.95 Å². The average Bonchev–Trinajstić information content (AvgIpc) is 2.86. The van der Waals surface area contributed by atoms with Crippen LogP contribution in [0.4, 0.5) is 5.95 Å². The molecular formula is C25H23Cl2N5O2. The van der Waals surface area contributed by atoms with E-state index in [2.05, 4.69) is 9.97 Å². The summed E-state index contributed by atoms with van der Waals surface area (Å²) in [5.74, 6) is 0.475. The van der Waals surface area contributed by atoms with Crippen LogP contribution in [-0.4, -0.2) is 31.8 Å². The fourth-order valence-electron chi connectivity index (χ4n) is 4.12. The third-order valence-electron chi connectivity index (χ3n) is 5.72. The molecule has 3 aromatic heterocycles.